The summed E-state index contributed by atoms with van der Waals surface area (Å²) in [5.41, 5.74) is 2.51. The van der Waals surface area contributed by atoms with Crippen LogP contribution < -0.4 is 9.47 Å². The number of methoxy groups -OCH3 is 2. The summed E-state index contributed by atoms with van der Waals surface area (Å²) in [6, 6.07) is 10.2. The fraction of sp³-hybridized carbons (Fsp3) is 0.280. The van der Waals surface area contributed by atoms with Crippen molar-refractivity contribution in [2.24, 2.45) is 5.92 Å². The van der Waals surface area contributed by atoms with E-state index in [4.69, 9.17) is 9.47 Å². The predicted octanol–water partition coefficient (Wildman–Crippen LogP) is 2.55. The highest BCUT2D eigenvalue weighted by atomic mass is 16.5. The van der Waals surface area contributed by atoms with Gasteiger partial charge in [0.1, 0.15) is 0 Å². The van der Waals surface area contributed by atoms with E-state index < -0.39 is 17.5 Å². The highest BCUT2D eigenvalue weighted by Gasteiger charge is 2.22. The molecule has 0 aliphatic carbocycles. The maximum atomic E-state index is 12.7. The molecule has 1 atom stereocenters. The minimum absolute atomic E-state index is 0.00359. The molecule has 0 aliphatic rings. The number of ether oxygens (including phenoxy) is 2. The second kappa shape index (κ2) is 12.6. The van der Waals surface area contributed by atoms with Crippen molar-refractivity contribution in [2.75, 3.05) is 20.8 Å². The van der Waals surface area contributed by atoms with Gasteiger partial charge < -0.3 is 24.8 Å². The summed E-state index contributed by atoms with van der Waals surface area (Å²) < 4.78 is 10.4. The molecule has 0 aliphatic heterocycles. The molecule has 2 aromatic rings. The summed E-state index contributed by atoms with van der Waals surface area (Å²) in [5, 5.41) is 28.0. The maximum Gasteiger partial charge on any atom is 0.166 e. The van der Waals surface area contributed by atoms with Crippen LogP contribution in [0.5, 0.6) is 11.5 Å². The van der Waals surface area contributed by atoms with E-state index in [9.17, 15) is 24.9 Å². The highest BCUT2D eigenvalue weighted by molar-refractivity contribution is 6.13. The van der Waals surface area contributed by atoms with Crippen LogP contribution in [0, 0.1) is 5.92 Å². The summed E-state index contributed by atoms with van der Waals surface area (Å²) in [6.07, 6.45) is 5.72. The lowest BCUT2D eigenvalue weighted by Crippen LogP contribution is -2.22. The number of hydrogen-bond donors (Lipinski definition) is 3. The van der Waals surface area contributed by atoms with Crippen LogP contribution in [0.1, 0.15) is 28.7 Å². The van der Waals surface area contributed by atoms with Gasteiger partial charge in [0.2, 0.25) is 0 Å². The second-order valence-corrected chi connectivity index (χ2v) is 7.00. The van der Waals surface area contributed by atoms with Crippen molar-refractivity contribution in [1.29, 1.82) is 0 Å². The normalized spacial score (nSPS) is 12.3. The number of aliphatic hydroxyl groups excluding tert-OH is 3. The van der Waals surface area contributed by atoms with Crippen molar-refractivity contribution in [2.45, 2.75) is 19.6 Å². The third-order valence-electron chi connectivity index (χ3n) is 4.96. The molecule has 2 aromatic carbocycles. The largest absolute Gasteiger partial charge is 0.493 e. The molecular formula is C25H28O7. The molecule has 1 unspecified atom stereocenters. The Hall–Kier alpha value is -3.26. The van der Waals surface area contributed by atoms with E-state index in [2.05, 4.69) is 0 Å². The topological polar surface area (TPSA) is 113 Å². The SMILES string of the molecule is COc1ccc(/C=C/C(=O)C(CCO)C(=O)/C=C/c2ccc(CO)c(CO)c2)cc1OC. The van der Waals surface area contributed by atoms with Crippen LogP contribution in [-0.2, 0) is 22.8 Å². The fourth-order valence-corrected chi connectivity index (χ4v) is 3.15. The van der Waals surface area contributed by atoms with Gasteiger partial charge in [0.15, 0.2) is 23.1 Å². The summed E-state index contributed by atoms with van der Waals surface area (Å²) in [7, 11) is 3.04. The summed E-state index contributed by atoms with van der Waals surface area (Å²) in [5.74, 6) is -0.789. The van der Waals surface area contributed by atoms with Gasteiger partial charge in [-0.1, -0.05) is 30.4 Å². The molecule has 0 aromatic heterocycles. The smallest absolute Gasteiger partial charge is 0.166 e. The Kier molecular flexibility index (Phi) is 9.81. The Bertz CT molecular complexity index is 914. The Morgan fingerprint density at radius 1 is 0.812 bits per heavy atom. The first-order valence-electron chi connectivity index (χ1n) is 10.1. The zero-order chi connectivity index (χ0) is 23.5. The van der Waals surface area contributed by atoms with Crippen molar-refractivity contribution >= 4 is 23.7 Å². The van der Waals surface area contributed by atoms with Gasteiger partial charge >= 0.3 is 0 Å². The Labute approximate surface area is 187 Å². The summed E-state index contributed by atoms with van der Waals surface area (Å²) >= 11 is 0. The average Bonchev–Trinajstić information content (AvgIpc) is 2.83. The molecule has 0 radical (unpaired) electrons. The van der Waals surface area contributed by atoms with Gasteiger partial charge in [0.25, 0.3) is 0 Å². The van der Waals surface area contributed by atoms with E-state index in [1.165, 1.54) is 26.4 Å². The fourth-order valence-electron chi connectivity index (χ4n) is 3.15. The zero-order valence-electron chi connectivity index (χ0n) is 18.2. The number of aliphatic hydroxyl groups is 3. The zero-order valence-corrected chi connectivity index (χ0v) is 18.2. The van der Waals surface area contributed by atoms with Crippen LogP contribution in [0.2, 0.25) is 0 Å². The molecule has 3 N–H and O–H groups in total. The van der Waals surface area contributed by atoms with Crippen molar-refractivity contribution in [3.63, 3.8) is 0 Å². The molecule has 0 amide bonds. The molecule has 0 saturated carbocycles. The molecule has 2 rings (SSSR count). The average molecular weight is 440 g/mol. The molecule has 0 spiro atoms. The molecular weight excluding hydrogens is 412 g/mol. The van der Waals surface area contributed by atoms with Gasteiger partial charge in [0, 0.05) is 6.61 Å². The van der Waals surface area contributed by atoms with Gasteiger partial charge in [-0.25, -0.2) is 0 Å². The second-order valence-electron chi connectivity index (χ2n) is 7.00. The molecule has 0 heterocycles. The number of carbonyl (C=O) groups is 2. The van der Waals surface area contributed by atoms with E-state index in [0.29, 0.717) is 33.8 Å². The number of allylic oxidation sites excluding steroid dienone is 2. The van der Waals surface area contributed by atoms with Gasteiger partial charge in [-0.3, -0.25) is 9.59 Å². The first kappa shape index (κ1) is 25.0. The summed E-state index contributed by atoms with van der Waals surface area (Å²) in [4.78, 5) is 25.3. The lowest BCUT2D eigenvalue weighted by molar-refractivity contribution is -0.128. The van der Waals surface area contributed by atoms with Crippen LogP contribution >= 0.6 is 0 Å². The molecule has 32 heavy (non-hydrogen) atoms. The predicted molar refractivity (Wildman–Crippen MR) is 121 cm³/mol. The van der Waals surface area contributed by atoms with E-state index in [-0.39, 0.29) is 26.2 Å². The Balaban J connectivity index is 2.16. The van der Waals surface area contributed by atoms with E-state index in [1.807, 2.05) is 0 Å². The third-order valence-corrected chi connectivity index (χ3v) is 4.96. The number of carbonyl (C=O) groups excluding carboxylic acids is 2. The van der Waals surface area contributed by atoms with E-state index >= 15 is 0 Å². The molecule has 0 saturated heterocycles. The first-order chi connectivity index (χ1) is 15.5. The van der Waals surface area contributed by atoms with Crippen molar-refractivity contribution < 1.29 is 34.4 Å². The standard InChI is InChI=1S/C25H28O7/c1-31-24-10-6-18(14-25(24)32-2)5-9-23(30)21(11-12-26)22(29)8-4-17-3-7-19(15-27)20(13-17)16-28/h3-10,13-14,21,26-28H,11-12,15-16H2,1-2H3/b8-4+,9-5+. The minimum Gasteiger partial charge on any atom is -0.493 e. The Morgan fingerprint density at radius 3 is 1.91 bits per heavy atom. The van der Waals surface area contributed by atoms with Gasteiger partial charge in [-0.05, 0) is 59.0 Å². The van der Waals surface area contributed by atoms with Crippen LogP contribution in [0.25, 0.3) is 12.2 Å². The van der Waals surface area contributed by atoms with Crippen molar-refractivity contribution in [1.82, 2.24) is 0 Å². The molecule has 7 nitrogen and oxygen atoms in total. The van der Waals surface area contributed by atoms with Gasteiger partial charge in [-0.2, -0.15) is 0 Å². The summed E-state index contributed by atoms with van der Waals surface area (Å²) in [6.45, 7) is -0.740. The quantitative estimate of drug-likeness (QED) is 0.343. The van der Waals surface area contributed by atoms with E-state index in [0.717, 1.165) is 0 Å². The van der Waals surface area contributed by atoms with Crippen LogP contribution in [0.15, 0.2) is 48.6 Å². The first-order valence-corrected chi connectivity index (χ1v) is 10.1. The number of ketones is 2. The van der Waals surface area contributed by atoms with Crippen LogP contribution in [0.3, 0.4) is 0 Å². The molecule has 0 bridgehead atoms. The minimum atomic E-state index is -1.01. The highest BCUT2D eigenvalue weighted by Crippen LogP contribution is 2.28. The molecule has 7 heteroatoms. The molecule has 170 valence electrons. The number of benzene rings is 2. The lowest BCUT2D eigenvalue weighted by atomic mass is 9.93. The maximum absolute atomic E-state index is 12.7. The van der Waals surface area contributed by atoms with Crippen LogP contribution in [0.4, 0.5) is 0 Å². The monoisotopic (exact) mass is 440 g/mol. The number of rotatable bonds is 12. The van der Waals surface area contributed by atoms with Gasteiger partial charge in [-0.15, -0.1) is 0 Å². The lowest BCUT2D eigenvalue weighted by Gasteiger charge is -2.10. The van der Waals surface area contributed by atoms with Gasteiger partial charge in [0.05, 0.1) is 33.4 Å². The van der Waals surface area contributed by atoms with Crippen LogP contribution in [-0.4, -0.2) is 47.7 Å². The Morgan fingerprint density at radius 2 is 1.38 bits per heavy atom. The third kappa shape index (κ3) is 6.62. The van der Waals surface area contributed by atoms with Crippen molar-refractivity contribution in [3.05, 3.63) is 70.8 Å². The molecule has 0 fully saturated rings. The van der Waals surface area contributed by atoms with E-state index in [1.54, 1.807) is 48.6 Å². The van der Waals surface area contributed by atoms with Crippen molar-refractivity contribution in [3.8, 4) is 11.5 Å². The number of hydrogen-bond acceptors (Lipinski definition) is 7.